The fraction of sp³-hybridized carbons (Fsp3) is 0.526. The first-order chi connectivity index (χ1) is 13.9. The lowest BCUT2D eigenvalue weighted by Crippen LogP contribution is -2.49. The molecule has 2 heterocycles. The molecule has 1 aromatic rings. The van der Waals surface area contributed by atoms with Gasteiger partial charge in [-0.05, 0) is 12.1 Å². The van der Waals surface area contributed by atoms with Gasteiger partial charge in [-0.15, -0.1) is 0 Å². The summed E-state index contributed by atoms with van der Waals surface area (Å²) in [5.41, 5.74) is 0. The molecule has 0 radical (unpaired) electrons. The predicted octanol–water partition coefficient (Wildman–Crippen LogP) is -0.0931. The minimum absolute atomic E-state index is 0.00258. The highest BCUT2D eigenvalue weighted by Gasteiger charge is 2.33. The second-order valence-electron chi connectivity index (χ2n) is 6.78. The number of rotatable bonds is 7. The Bertz CT molecular complexity index is 837. The summed E-state index contributed by atoms with van der Waals surface area (Å²) < 4.78 is 44.2. The maximum absolute atomic E-state index is 12.8. The molecule has 1 fully saturated rings. The maximum atomic E-state index is 12.8. The van der Waals surface area contributed by atoms with E-state index in [9.17, 15) is 18.3 Å². The maximum Gasteiger partial charge on any atom is 0.244 e. The summed E-state index contributed by atoms with van der Waals surface area (Å²) in [4.78, 5) is 14.1. The molecular formula is C19H26N2O7S. The molecule has 0 aromatic heterocycles. The molecule has 2 N–H and O–H groups in total. The highest BCUT2D eigenvalue weighted by Crippen LogP contribution is 2.24. The average Bonchev–Trinajstić information content (AvgIpc) is 2.75. The summed E-state index contributed by atoms with van der Waals surface area (Å²) in [5, 5.41) is 9.70. The first kappa shape index (κ1) is 21.7. The van der Waals surface area contributed by atoms with Gasteiger partial charge in [-0.3, -0.25) is 4.79 Å². The SMILES string of the molecule is COc1ccccc1S(=O)(=O)N[C@H]1C=C[C@H](CC(=O)N2CCOCC2)O[C@H]1CO. The van der Waals surface area contributed by atoms with Gasteiger partial charge in [0.05, 0.1) is 45.5 Å². The number of carbonyl (C=O) groups is 1. The van der Waals surface area contributed by atoms with Gasteiger partial charge in [0.25, 0.3) is 0 Å². The zero-order chi connectivity index (χ0) is 20.9. The Labute approximate surface area is 170 Å². The van der Waals surface area contributed by atoms with Crippen molar-refractivity contribution in [1.82, 2.24) is 9.62 Å². The van der Waals surface area contributed by atoms with Crippen molar-refractivity contribution in [3.63, 3.8) is 0 Å². The van der Waals surface area contributed by atoms with Crippen LogP contribution >= 0.6 is 0 Å². The molecule has 0 aliphatic carbocycles. The molecule has 0 saturated carbocycles. The molecule has 3 atom stereocenters. The fourth-order valence-corrected chi connectivity index (χ4v) is 4.70. The Hall–Kier alpha value is -1.98. The molecule has 2 aliphatic rings. The molecule has 1 aromatic carbocycles. The average molecular weight is 426 g/mol. The van der Waals surface area contributed by atoms with Crippen LogP contribution in [-0.2, 0) is 24.3 Å². The van der Waals surface area contributed by atoms with Crippen molar-refractivity contribution in [2.75, 3.05) is 40.0 Å². The third kappa shape index (κ3) is 5.34. The Balaban J connectivity index is 1.67. The molecule has 0 bridgehead atoms. The third-order valence-corrected chi connectivity index (χ3v) is 6.35. The van der Waals surface area contributed by atoms with Crippen molar-refractivity contribution in [3.05, 3.63) is 36.4 Å². The van der Waals surface area contributed by atoms with Crippen LogP contribution in [0.2, 0.25) is 0 Å². The normalized spacial score (nSPS) is 25.0. The second kappa shape index (κ2) is 9.68. The highest BCUT2D eigenvalue weighted by atomic mass is 32.2. The number of aliphatic hydroxyl groups excluding tert-OH is 1. The van der Waals surface area contributed by atoms with Crippen LogP contribution in [0.4, 0.5) is 0 Å². The molecule has 10 heteroatoms. The van der Waals surface area contributed by atoms with Crippen LogP contribution in [-0.4, -0.2) is 82.6 Å². The lowest BCUT2D eigenvalue weighted by molar-refractivity contribution is -0.139. The number of amides is 1. The number of hydrogen-bond acceptors (Lipinski definition) is 7. The molecule has 9 nitrogen and oxygen atoms in total. The molecule has 29 heavy (non-hydrogen) atoms. The summed E-state index contributed by atoms with van der Waals surface area (Å²) in [7, 11) is -2.52. The molecule has 160 valence electrons. The summed E-state index contributed by atoms with van der Waals surface area (Å²) in [5.74, 6) is 0.155. The Morgan fingerprint density at radius 2 is 2.00 bits per heavy atom. The zero-order valence-electron chi connectivity index (χ0n) is 16.2. The minimum atomic E-state index is -3.91. The number of nitrogens with one attached hydrogen (secondary N) is 1. The van der Waals surface area contributed by atoms with Crippen LogP contribution < -0.4 is 9.46 Å². The molecular weight excluding hydrogens is 400 g/mol. The van der Waals surface area contributed by atoms with Crippen LogP contribution in [0.5, 0.6) is 5.75 Å². The largest absolute Gasteiger partial charge is 0.495 e. The summed E-state index contributed by atoms with van der Waals surface area (Å²) >= 11 is 0. The van der Waals surface area contributed by atoms with E-state index < -0.39 is 34.9 Å². The van der Waals surface area contributed by atoms with Crippen LogP contribution in [0.15, 0.2) is 41.3 Å². The lowest BCUT2D eigenvalue weighted by Gasteiger charge is -2.33. The van der Waals surface area contributed by atoms with Crippen molar-refractivity contribution in [1.29, 1.82) is 0 Å². The Kier molecular flexibility index (Phi) is 7.25. The number of para-hydroxylation sites is 1. The summed E-state index contributed by atoms with van der Waals surface area (Å²) in [6.45, 7) is 1.71. The van der Waals surface area contributed by atoms with E-state index in [2.05, 4.69) is 4.72 Å². The quantitative estimate of drug-likeness (QED) is 0.586. The van der Waals surface area contributed by atoms with Crippen molar-refractivity contribution in [2.45, 2.75) is 29.6 Å². The van der Waals surface area contributed by atoms with Crippen LogP contribution in [0.3, 0.4) is 0 Å². The number of ether oxygens (including phenoxy) is 3. The molecule has 1 saturated heterocycles. The van der Waals surface area contributed by atoms with Crippen molar-refractivity contribution >= 4 is 15.9 Å². The van der Waals surface area contributed by atoms with Gasteiger partial charge in [0, 0.05) is 13.1 Å². The van der Waals surface area contributed by atoms with Gasteiger partial charge >= 0.3 is 0 Å². The van der Waals surface area contributed by atoms with Crippen molar-refractivity contribution in [2.24, 2.45) is 0 Å². The predicted molar refractivity (Wildman–Crippen MR) is 104 cm³/mol. The topological polar surface area (TPSA) is 114 Å². The second-order valence-corrected chi connectivity index (χ2v) is 8.46. The minimum Gasteiger partial charge on any atom is -0.495 e. The molecule has 2 aliphatic heterocycles. The van der Waals surface area contributed by atoms with Gasteiger partial charge in [-0.1, -0.05) is 24.3 Å². The summed E-state index contributed by atoms with van der Waals surface area (Å²) in [6, 6.07) is 5.49. The first-order valence-corrected chi connectivity index (χ1v) is 10.9. The number of morpholine rings is 1. The zero-order valence-corrected chi connectivity index (χ0v) is 17.0. The Morgan fingerprint density at radius 3 is 2.69 bits per heavy atom. The van der Waals surface area contributed by atoms with Crippen molar-refractivity contribution < 1.29 is 32.5 Å². The van der Waals surface area contributed by atoms with Crippen molar-refractivity contribution in [3.8, 4) is 5.75 Å². The fourth-order valence-electron chi connectivity index (χ4n) is 3.31. The van der Waals surface area contributed by atoms with Gasteiger partial charge in [0.1, 0.15) is 16.7 Å². The van der Waals surface area contributed by atoms with E-state index in [0.717, 1.165) is 0 Å². The number of methoxy groups -OCH3 is 1. The van der Waals surface area contributed by atoms with Gasteiger partial charge in [-0.2, -0.15) is 0 Å². The number of sulfonamides is 1. The Morgan fingerprint density at radius 1 is 1.28 bits per heavy atom. The number of aliphatic hydroxyl groups is 1. The van der Waals surface area contributed by atoms with E-state index in [1.54, 1.807) is 35.3 Å². The molecule has 1 amide bonds. The smallest absolute Gasteiger partial charge is 0.244 e. The van der Waals surface area contributed by atoms with Crippen LogP contribution in [0.1, 0.15) is 6.42 Å². The number of carbonyl (C=O) groups excluding carboxylic acids is 1. The van der Waals surface area contributed by atoms with Gasteiger partial charge in [0.15, 0.2) is 0 Å². The summed E-state index contributed by atoms with van der Waals surface area (Å²) in [6.07, 6.45) is 2.05. The number of benzene rings is 1. The van der Waals surface area contributed by atoms with E-state index in [0.29, 0.717) is 26.3 Å². The van der Waals surface area contributed by atoms with E-state index in [1.165, 1.54) is 13.2 Å². The van der Waals surface area contributed by atoms with E-state index in [1.807, 2.05) is 0 Å². The highest BCUT2D eigenvalue weighted by molar-refractivity contribution is 7.89. The van der Waals surface area contributed by atoms with Gasteiger partial charge < -0.3 is 24.2 Å². The van der Waals surface area contributed by atoms with Crippen LogP contribution in [0.25, 0.3) is 0 Å². The van der Waals surface area contributed by atoms with Gasteiger partial charge in [0.2, 0.25) is 15.9 Å². The first-order valence-electron chi connectivity index (χ1n) is 9.40. The third-order valence-electron chi connectivity index (χ3n) is 4.85. The van der Waals surface area contributed by atoms with E-state index in [4.69, 9.17) is 14.2 Å². The van der Waals surface area contributed by atoms with Gasteiger partial charge in [-0.25, -0.2) is 13.1 Å². The molecule has 0 unspecified atom stereocenters. The molecule has 0 spiro atoms. The standard InChI is InChI=1S/C19H26N2O7S/c1-26-16-4-2-3-5-18(16)29(24,25)20-15-7-6-14(28-17(15)13-22)12-19(23)21-8-10-27-11-9-21/h2-7,14-15,17,20,22H,8-13H2,1H3/t14-,15+,17+/m1/s1. The van der Waals surface area contributed by atoms with Crippen LogP contribution in [0, 0.1) is 0 Å². The monoisotopic (exact) mass is 426 g/mol. The molecule has 3 rings (SSSR count). The van der Waals surface area contributed by atoms with E-state index in [-0.39, 0.29) is 23.0 Å². The number of nitrogens with zero attached hydrogens (tertiary/aromatic N) is 1. The lowest BCUT2D eigenvalue weighted by atomic mass is 10.1. The number of hydrogen-bond donors (Lipinski definition) is 2. The van der Waals surface area contributed by atoms with E-state index >= 15 is 0 Å².